The number of carbonyl (C=O) groups is 1. The Labute approximate surface area is 190 Å². The summed E-state index contributed by atoms with van der Waals surface area (Å²) in [6.07, 6.45) is 6.14. The Morgan fingerprint density at radius 3 is 2.55 bits per heavy atom. The standard InChI is InChI=1S/C21H32N4O3.HI/c1-23-21(24-14-16-5-7-17(8-6-16)20(22)26)25-11-9-18(10-12-25)28-15-19-4-2-3-13-27-19;/h5-8,18-19H,2-4,9-15H2,1H3,(H2,22,26)(H,23,24);1H. The Hall–Kier alpha value is -1.39. The second-order valence-electron chi connectivity index (χ2n) is 7.47. The zero-order valence-electron chi connectivity index (χ0n) is 17.1. The van der Waals surface area contributed by atoms with Gasteiger partial charge in [0.1, 0.15) is 0 Å². The predicted octanol–water partition coefficient (Wildman–Crippen LogP) is 2.53. The molecule has 2 fully saturated rings. The topological polar surface area (TPSA) is 89.2 Å². The third-order valence-electron chi connectivity index (χ3n) is 5.43. The lowest BCUT2D eigenvalue weighted by Gasteiger charge is -2.35. The summed E-state index contributed by atoms with van der Waals surface area (Å²) in [6, 6.07) is 7.32. The number of halogens is 1. The van der Waals surface area contributed by atoms with E-state index >= 15 is 0 Å². The number of ether oxygens (including phenoxy) is 2. The number of amides is 1. The number of benzene rings is 1. The first-order valence-electron chi connectivity index (χ1n) is 10.2. The van der Waals surface area contributed by atoms with Gasteiger partial charge < -0.3 is 25.4 Å². The minimum atomic E-state index is -0.407. The highest BCUT2D eigenvalue weighted by atomic mass is 127. The summed E-state index contributed by atoms with van der Waals surface area (Å²) < 4.78 is 11.8. The summed E-state index contributed by atoms with van der Waals surface area (Å²) in [4.78, 5) is 17.8. The number of primary amides is 1. The second kappa shape index (κ2) is 12.3. The van der Waals surface area contributed by atoms with Crippen molar-refractivity contribution in [3.05, 3.63) is 35.4 Å². The van der Waals surface area contributed by atoms with Crippen LogP contribution in [0.15, 0.2) is 29.3 Å². The summed E-state index contributed by atoms with van der Waals surface area (Å²) in [5, 5.41) is 3.40. The number of guanidine groups is 1. The number of nitrogens with one attached hydrogen (secondary N) is 1. The Balaban J connectivity index is 0.00000300. The molecule has 0 radical (unpaired) electrons. The Morgan fingerprint density at radius 1 is 1.24 bits per heavy atom. The van der Waals surface area contributed by atoms with Crippen molar-refractivity contribution in [1.82, 2.24) is 10.2 Å². The van der Waals surface area contributed by atoms with Crippen LogP contribution < -0.4 is 11.1 Å². The van der Waals surface area contributed by atoms with Crippen molar-refractivity contribution in [2.24, 2.45) is 10.7 Å². The van der Waals surface area contributed by atoms with E-state index in [-0.39, 0.29) is 30.1 Å². The minimum Gasteiger partial charge on any atom is -0.376 e. The average Bonchev–Trinajstić information content (AvgIpc) is 2.74. The number of piperidine rings is 1. The fourth-order valence-electron chi connectivity index (χ4n) is 3.72. The van der Waals surface area contributed by atoms with Crippen molar-refractivity contribution in [3.63, 3.8) is 0 Å². The normalized spacial score (nSPS) is 20.8. The largest absolute Gasteiger partial charge is 0.376 e. The Bertz CT molecular complexity index is 654. The molecule has 8 heteroatoms. The molecular formula is C21H33IN4O3. The van der Waals surface area contributed by atoms with Gasteiger partial charge in [0, 0.05) is 38.9 Å². The maximum absolute atomic E-state index is 11.2. The van der Waals surface area contributed by atoms with Gasteiger partial charge in [-0.2, -0.15) is 0 Å². The van der Waals surface area contributed by atoms with Crippen LogP contribution in [-0.2, 0) is 16.0 Å². The van der Waals surface area contributed by atoms with E-state index in [2.05, 4.69) is 15.2 Å². The lowest BCUT2D eigenvalue weighted by molar-refractivity contribution is -0.0721. The van der Waals surface area contributed by atoms with Crippen molar-refractivity contribution < 1.29 is 14.3 Å². The van der Waals surface area contributed by atoms with E-state index in [4.69, 9.17) is 15.2 Å². The molecule has 7 nitrogen and oxygen atoms in total. The molecule has 2 aliphatic rings. The molecule has 0 aliphatic carbocycles. The first kappa shape index (κ1) is 23.9. The third-order valence-corrected chi connectivity index (χ3v) is 5.43. The summed E-state index contributed by atoms with van der Waals surface area (Å²) >= 11 is 0. The Morgan fingerprint density at radius 2 is 1.97 bits per heavy atom. The molecule has 1 atom stereocenters. The average molecular weight is 516 g/mol. The molecule has 3 N–H and O–H groups in total. The fourth-order valence-corrected chi connectivity index (χ4v) is 3.72. The molecule has 0 aromatic heterocycles. The maximum atomic E-state index is 11.2. The summed E-state index contributed by atoms with van der Waals surface area (Å²) in [5.41, 5.74) is 6.88. The SMILES string of the molecule is CN=C(NCc1ccc(C(N)=O)cc1)N1CCC(OCC2CCCCO2)CC1.I. The van der Waals surface area contributed by atoms with Gasteiger partial charge in [0.15, 0.2) is 5.96 Å². The lowest BCUT2D eigenvalue weighted by atomic mass is 10.1. The van der Waals surface area contributed by atoms with Crippen LogP contribution in [0.1, 0.15) is 48.0 Å². The molecule has 1 unspecified atom stereocenters. The van der Waals surface area contributed by atoms with Crippen molar-refractivity contribution in [1.29, 1.82) is 0 Å². The van der Waals surface area contributed by atoms with Gasteiger partial charge in [-0.3, -0.25) is 9.79 Å². The molecule has 2 heterocycles. The molecule has 0 spiro atoms. The van der Waals surface area contributed by atoms with Crippen LogP contribution >= 0.6 is 24.0 Å². The van der Waals surface area contributed by atoms with E-state index in [0.29, 0.717) is 18.2 Å². The van der Waals surface area contributed by atoms with Crippen molar-refractivity contribution in [3.8, 4) is 0 Å². The van der Waals surface area contributed by atoms with Crippen LogP contribution in [0, 0.1) is 0 Å². The smallest absolute Gasteiger partial charge is 0.248 e. The molecule has 1 amide bonds. The van der Waals surface area contributed by atoms with Crippen LogP contribution in [0.4, 0.5) is 0 Å². The molecule has 0 saturated carbocycles. The number of hydrogen-bond acceptors (Lipinski definition) is 4. The minimum absolute atomic E-state index is 0. The monoisotopic (exact) mass is 516 g/mol. The van der Waals surface area contributed by atoms with Gasteiger partial charge in [0.2, 0.25) is 5.91 Å². The van der Waals surface area contributed by atoms with Gasteiger partial charge in [-0.25, -0.2) is 0 Å². The van der Waals surface area contributed by atoms with Gasteiger partial charge in [-0.1, -0.05) is 12.1 Å². The molecule has 162 valence electrons. The Kier molecular flexibility index (Phi) is 10.2. The van der Waals surface area contributed by atoms with Crippen LogP contribution in [0.5, 0.6) is 0 Å². The first-order valence-corrected chi connectivity index (χ1v) is 10.2. The van der Waals surface area contributed by atoms with Gasteiger partial charge in [0.25, 0.3) is 0 Å². The van der Waals surface area contributed by atoms with Gasteiger partial charge in [-0.05, 0) is 49.8 Å². The summed E-state index contributed by atoms with van der Waals surface area (Å²) in [7, 11) is 1.81. The molecule has 1 aromatic carbocycles. The predicted molar refractivity (Wildman–Crippen MR) is 125 cm³/mol. The van der Waals surface area contributed by atoms with E-state index in [1.807, 2.05) is 19.2 Å². The quantitative estimate of drug-likeness (QED) is 0.345. The summed E-state index contributed by atoms with van der Waals surface area (Å²) in [5.74, 6) is 0.489. The number of nitrogens with zero attached hydrogens (tertiary/aromatic N) is 2. The zero-order valence-corrected chi connectivity index (χ0v) is 19.5. The van der Waals surface area contributed by atoms with Crippen LogP contribution in [-0.4, -0.2) is 62.3 Å². The molecule has 1 aromatic rings. The molecule has 29 heavy (non-hydrogen) atoms. The highest BCUT2D eigenvalue weighted by Crippen LogP contribution is 2.18. The van der Waals surface area contributed by atoms with E-state index in [9.17, 15) is 4.79 Å². The summed E-state index contributed by atoms with van der Waals surface area (Å²) in [6.45, 7) is 4.10. The van der Waals surface area contributed by atoms with Crippen molar-refractivity contribution >= 4 is 35.8 Å². The number of aliphatic imine (C=N–C) groups is 1. The lowest BCUT2D eigenvalue weighted by Crippen LogP contribution is -2.47. The fraction of sp³-hybridized carbons (Fsp3) is 0.619. The van der Waals surface area contributed by atoms with E-state index in [0.717, 1.165) is 57.1 Å². The molecule has 2 aliphatic heterocycles. The van der Waals surface area contributed by atoms with E-state index < -0.39 is 5.91 Å². The third kappa shape index (κ3) is 7.42. The maximum Gasteiger partial charge on any atom is 0.248 e. The van der Waals surface area contributed by atoms with Crippen molar-refractivity contribution in [2.75, 3.05) is 33.4 Å². The highest BCUT2D eigenvalue weighted by Gasteiger charge is 2.23. The zero-order chi connectivity index (χ0) is 19.8. The van der Waals surface area contributed by atoms with Crippen LogP contribution in [0.2, 0.25) is 0 Å². The van der Waals surface area contributed by atoms with Gasteiger partial charge in [0.05, 0.1) is 18.8 Å². The van der Waals surface area contributed by atoms with Gasteiger partial charge in [-0.15, -0.1) is 24.0 Å². The van der Waals surface area contributed by atoms with Crippen LogP contribution in [0.3, 0.4) is 0 Å². The molecule has 0 bridgehead atoms. The van der Waals surface area contributed by atoms with E-state index in [1.54, 1.807) is 12.1 Å². The molecule has 2 saturated heterocycles. The number of nitrogens with two attached hydrogens (primary N) is 1. The van der Waals surface area contributed by atoms with Crippen LogP contribution in [0.25, 0.3) is 0 Å². The number of rotatable bonds is 6. The van der Waals surface area contributed by atoms with Gasteiger partial charge >= 0.3 is 0 Å². The highest BCUT2D eigenvalue weighted by molar-refractivity contribution is 14.0. The number of hydrogen-bond donors (Lipinski definition) is 2. The first-order chi connectivity index (χ1) is 13.7. The number of carbonyl (C=O) groups excluding carboxylic acids is 1. The number of likely N-dealkylation sites (tertiary alicyclic amines) is 1. The second-order valence-corrected chi connectivity index (χ2v) is 7.47. The molecular weight excluding hydrogens is 483 g/mol. The van der Waals surface area contributed by atoms with Crippen molar-refractivity contribution in [2.45, 2.75) is 50.9 Å². The molecule has 3 rings (SSSR count). The van der Waals surface area contributed by atoms with E-state index in [1.165, 1.54) is 12.8 Å².